The van der Waals surface area contributed by atoms with Crippen LogP contribution < -0.4 is 5.32 Å². The number of hydrogen-bond donors (Lipinski definition) is 1. The summed E-state index contributed by atoms with van der Waals surface area (Å²) in [5, 5.41) is 2.62. The van der Waals surface area contributed by atoms with Crippen molar-refractivity contribution < 1.29 is 30.7 Å². The average Bonchev–Trinajstić information content (AvgIpc) is 2.08. The molecule has 1 aromatic carbocycles. The van der Waals surface area contributed by atoms with Gasteiger partial charge in [-0.1, -0.05) is 19.5 Å². The third-order valence-corrected chi connectivity index (χ3v) is 1.89. The molecule has 3 nitrogen and oxygen atoms in total. The molecule has 4 heteroatoms. The first kappa shape index (κ1) is 15.0. The van der Waals surface area contributed by atoms with Crippen LogP contribution in [0.1, 0.15) is 18.1 Å². The third kappa shape index (κ3) is 4.71. The number of hydrogen-bond acceptors (Lipinski definition) is 2. The van der Waals surface area contributed by atoms with E-state index in [0.29, 0.717) is 5.69 Å². The zero-order valence-corrected chi connectivity index (χ0v) is 12.4. The van der Waals surface area contributed by atoms with Crippen LogP contribution in [0.15, 0.2) is 12.1 Å². The summed E-state index contributed by atoms with van der Waals surface area (Å²) in [7, 11) is 0. The summed E-state index contributed by atoms with van der Waals surface area (Å²) in [6.45, 7) is 5.16. The standard InChI is InChI=1S/C12H13NO2.W/c1-8-4-5-11(9(2)6-8)13-12(15)7-10(3)14;/h5-7H,1-3H3,(H,13,15);/q-1;. The molecule has 0 atom stereocenters. The predicted octanol–water partition coefficient (Wildman–Crippen LogP) is 1.83. The van der Waals surface area contributed by atoms with Gasteiger partial charge in [0.05, 0.1) is 0 Å². The van der Waals surface area contributed by atoms with Crippen LogP contribution in [0, 0.1) is 26.3 Å². The zero-order valence-electron chi connectivity index (χ0n) is 9.46. The summed E-state index contributed by atoms with van der Waals surface area (Å²) >= 11 is 0. The molecule has 1 N–H and O–H groups in total. The SMILES string of the molecule is CC(=O)[CH]C(=O)Nc1c[c-]c(C)cc1C.[W]. The molecular weight excluding hydrogens is 374 g/mol. The van der Waals surface area contributed by atoms with Crippen molar-refractivity contribution in [2.45, 2.75) is 20.8 Å². The molecular formula is C12H13NO2W-. The van der Waals surface area contributed by atoms with Gasteiger partial charge >= 0.3 is 0 Å². The molecule has 0 unspecified atom stereocenters. The summed E-state index contributed by atoms with van der Waals surface area (Å²) in [5.41, 5.74) is 2.65. The average molecular weight is 387 g/mol. The summed E-state index contributed by atoms with van der Waals surface area (Å²) < 4.78 is 0. The van der Waals surface area contributed by atoms with E-state index in [9.17, 15) is 9.59 Å². The van der Waals surface area contributed by atoms with Gasteiger partial charge in [0.15, 0.2) is 0 Å². The molecule has 0 fully saturated rings. The monoisotopic (exact) mass is 387 g/mol. The van der Waals surface area contributed by atoms with Crippen LogP contribution in [0.2, 0.25) is 0 Å². The first-order chi connectivity index (χ1) is 6.99. The summed E-state index contributed by atoms with van der Waals surface area (Å²) in [6, 6.07) is 6.61. The van der Waals surface area contributed by atoms with Crippen LogP contribution in [0.5, 0.6) is 0 Å². The van der Waals surface area contributed by atoms with Gasteiger partial charge in [-0.05, 0) is 6.92 Å². The van der Waals surface area contributed by atoms with E-state index in [0.717, 1.165) is 17.5 Å². The van der Waals surface area contributed by atoms with E-state index < -0.39 is 5.91 Å². The van der Waals surface area contributed by atoms with Gasteiger partial charge in [0.2, 0.25) is 5.91 Å². The smallest absolute Gasteiger partial charge is 0.225 e. The van der Waals surface area contributed by atoms with E-state index in [-0.39, 0.29) is 26.8 Å². The van der Waals surface area contributed by atoms with Crippen molar-refractivity contribution >= 4 is 17.4 Å². The van der Waals surface area contributed by atoms with Crippen molar-refractivity contribution in [3.8, 4) is 0 Å². The Bertz CT molecular complexity index is 402. The van der Waals surface area contributed by atoms with Crippen molar-refractivity contribution in [1.29, 1.82) is 0 Å². The Morgan fingerprint density at radius 3 is 2.50 bits per heavy atom. The van der Waals surface area contributed by atoms with Gasteiger partial charge < -0.3 is 5.32 Å². The Morgan fingerprint density at radius 2 is 2.00 bits per heavy atom. The molecule has 0 aliphatic carbocycles. The number of nitrogens with one attached hydrogen (secondary N) is 1. The van der Waals surface area contributed by atoms with Gasteiger partial charge in [0.1, 0.15) is 12.2 Å². The van der Waals surface area contributed by atoms with Crippen LogP contribution in [0.25, 0.3) is 0 Å². The number of carbonyl (C=O) groups excluding carboxylic acids is 2. The molecule has 85 valence electrons. The fraction of sp³-hybridized carbons (Fsp3) is 0.250. The Hall–Kier alpha value is -0.952. The molecule has 1 radical (unpaired) electrons. The van der Waals surface area contributed by atoms with E-state index in [2.05, 4.69) is 11.4 Å². The topological polar surface area (TPSA) is 46.2 Å². The molecule has 0 aromatic heterocycles. The Morgan fingerprint density at radius 1 is 1.38 bits per heavy atom. The number of amides is 1. The quantitative estimate of drug-likeness (QED) is 0.636. The second-order valence-corrected chi connectivity index (χ2v) is 3.46. The molecule has 16 heavy (non-hydrogen) atoms. The predicted molar refractivity (Wildman–Crippen MR) is 58.4 cm³/mol. The van der Waals surface area contributed by atoms with Crippen LogP contribution >= 0.6 is 0 Å². The van der Waals surface area contributed by atoms with Crippen molar-refractivity contribution in [3.05, 3.63) is 35.7 Å². The van der Waals surface area contributed by atoms with Gasteiger partial charge in [0, 0.05) is 21.1 Å². The summed E-state index contributed by atoms with van der Waals surface area (Å²) in [4.78, 5) is 21.9. The largest absolute Gasteiger partial charge is 0.379 e. The Labute approximate surface area is 110 Å². The molecule has 1 amide bonds. The van der Waals surface area contributed by atoms with E-state index in [1.54, 1.807) is 6.07 Å². The van der Waals surface area contributed by atoms with E-state index >= 15 is 0 Å². The Balaban J connectivity index is 0.00000225. The number of rotatable bonds is 3. The summed E-state index contributed by atoms with van der Waals surface area (Å²) in [5.74, 6) is -0.663. The van der Waals surface area contributed by atoms with Crippen LogP contribution in [-0.2, 0) is 30.7 Å². The van der Waals surface area contributed by atoms with Crippen molar-refractivity contribution in [1.82, 2.24) is 0 Å². The van der Waals surface area contributed by atoms with E-state index in [1.165, 1.54) is 6.92 Å². The minimum atomic E-state index is -0.400. The van der Waals surface area contributed by atoms with E-state index in [1.807, 2.05) is 19.9 Å². The maximum absolute atomic E-state index is 11.3. The number of Topliss-reactive ketones (excluding diaryl/α,β-unsaturated/α-hetero) is 1. The summed E-state index contributed by atoms with van der Waals surface area (Å²) in [6.07, 6.45) is 1.03. The van der Waals surface area contributed by atoms with Crippen molar-refractivity contribution in [2.75, 3.05) is 5.32 Å². The van der Waals surface area contributed by atoms with E-state index in [4.69, 9.17) is 0 Å². The molecule has 0 saturated heterocycles. The minimum Gasteiger partial charge on any atom is -0.379 e. The maximum Gasteiger partial charge on any atom is 0.225 e. The zero-order chi connectivity index (χ0) is 11.4. The molecule has 0 heterocycles. The third-order valence-electron chi connectivity index (χ3n) is 1.89. The molecule has 0 saturated carbocycles. The first-order valence-electron chi connectivity index (χ1n) is 4.64. The van der Waals surface area contributed by atoms with Gasteiger partial charge in [0.25, 0.3) is 0 Å². The molecule has 1 aromatic rings. The van der Waals surface area contributed by atoms with Crippen LogP contribution in [-0.4, -0.2) is 11.7 Å². The molecule has 0 aliphatic rings. The number of carbonyl (C=O) groups is 2. The number of aryl methyl sites for hydroxylation is 2. The number of ketones is 1. The number of benzene rings is 1. The fourth-order valence-corrected chi connectivity index (χ4v) is 1.23. The Kier molecular flexibility index (Phi) is 6.20. The van der Waals surface area contributed by atoms with Crippen molar-refractivity contribution in [3.63, 3.8) is 0 Å². The van der Waals surface area contributed by atoms with Crippen molar-refractivity contribution in [2.24, 2.45) is 0 Å². The second-order valence-electron chi connectivity index (χ2n) is 3.46. The second kappa shape index (κ2) is 6.59. The van der Waals surface area contributed by atoms with Gasteiger partial charge in [-0.3, -0.25) is 9.59 Å². The van der Waals surface area contributed by atoms with Crippen LogP contribution in [0.3, 0.4) is 0 Å². The molecule has 0 aliphatic heterocycles. The maximum atomic E-state index is 11.3. The first-order valence-corrected chi connectivity index (χ1v) is 4.64. The molecule has 0 spiro atoms. The normalized spacial score (nSPS) is 9.19. The van der Waals surface area contributed by atoms with Crippen LogP contribution in [0.4, 0.5) is 5.69 Å². The van der Waals surface area contributed by atoms with Gasteiger partial charge in [-0.2, -0.15) is 23.8 Å². The fourth-order valence-electron chi connectivity index (χ4n) is 1.23. The minimum absolute atomic E-state index is 0. The van der Waals surface area contributed by atoms with Gasteiger partial charge in [-0.15, -0.1) is 5.56 Å². The number of anilines is 1. The molecule has 0 bridgehead atoms. The van der Waals surface area contributed by atoms with Gasteiger partial charge in [-0.25, -0.2) is 0 Å². The molecule has 1 rings (SSSR count).